The molecular formula is C10H9ClOS. The van der Waals surface area contributed by atoms with Crippen LogP contribution in [0, 0.1) is 0 Å². The highest BCUT2D eigenvalue weighted by atomic mass is 35.5. The molecule has 0 N–H and O–H groups in total. The standard InChI is InChI=1S/C10H9ClOS/c11-5-6-12-9-7-13-10-4-2-1-3-8(9)10/h1-4,7H,5-6H2. The van der Waals surface area contributed by atoms with E-state index in [1.165, 1.54) is 10.1 Å². The molecule has 1 aromatic heterocycles. The van der Waals surface area contributed by atoms with E-state index >= 15 is 0 Å². The summed E-state index contributed by atoms with van der Waals surface area (Å²) in [6, 6.07) is 8.20. The van der Waals surface area contributed by atoms with E-state index in [-0.39, 0.29) is 0 Å². The van der Waals surface area contributed by atoms with Gasteiger partial charge in [-0.05, 0) is 12.1 Å². The molecule has 0 saturated carbocycles. The van der Waals surface area contributed by atoms with Gasteiger partial charge in [-0.15, -0.1) is 22.9 Å². The van der Waals surface area contributed by atoms with Crippen molar-refractivity contribution in [2.45, 2.75) is 0 Å². The molecule has 0 aliphatic heterocycles. The SMILES string of the molecule is ClCCOc1csc2ccccc12. The van der Waals surface area contributed by atoms with Crippen LogP contribution in [-0.2, 0) is 0 Å². The molecule has 2 aromatic rings. The molecule has 1 heterocycles. The van der Waals surface area contributed by atoms with Crippen LogP contribution in [-0.4, -0.2) is 12.5 Å². The third-order valence-electron chi connectivity index (χ3n) is 1.78. The van der Waals surface area contributed by atoms with Crippen LogP contribution in [0.1, 0.15) is 0 Å². The second-order valence-electron chi connectivity index (χ2n) is 2.63. The smallest absolute Gasteiger partial charge is 0.137 e. The van der Waals surface area contributed by atoms with Crippen LogP contribution in [0.2, 0.25) is 0 Å². The zero-order valence-electron chi connectivity index (χ0n) is 7.00. The second-order valence-corrected chi connectivity index (χ2v) is 3.92. The van der Waals surface area contributed by atoms with Crippen molar-refractivity contribution in [3.8, 4) is 5.75 Å². The van der Waals surface area contributed by atoms with E-state index in [9.17, 15) is 0 Å². The van der Waals surface area contributed by atoms with Crippen molar-refractivity contribution in [2.75, 3.05) is 12.5 Å². The number of thiophene rings is 1. The number of halogens is 1. The minimum absolute atomic E-state index is 0.532. The lowest BCUT2D eigenvalue weighted by molar-refractivity contribution is 0.348. The number of benzene rings is 1. The van der Waals surface area contributed by atoms with Crippen LogP contribution in [0.15, 0.2) is 29.6 Å². The minimum Gasteiger partial charge on any atom is -0.491 e. The van der Waals surface area contributed by atoms with Gasteiger partial charge in [-0.1, -0.05) is 12.1 Å². The number of fused-ring (bicyclic) bond motifs is 1. The fraction of sp³-hybridized carbons (Fsp3) is 0.200. The van der Waals surface area contributed by atoms with E-state index < -0.39 is 0 Å². The van der Waals surface area contributed by atoms with E-state index in [0.717, 1.165) is 5.75 Å². The highest BCUT2D eigenvalue weighted by molar-refractivity contribution is 7.17. The quantitative estimate of drug-likeness (QED) is 0.708. The van der Waals surface area contributed by atoms with Crippen LogP contribution in [0.4, 0.5) is 0 Å². The summed E-state index contributed by atoms with van der Waals surface area (Å²) in [6.07, 6.45) is 0. The van der Waals surface area contributed by atoms with E-state index in [2.05, 4.69) is 12.1 Å². The molecular weight excluding hydrogens is 204 g/mol. The monoisotopic (exact) mass is 212 g/mol. The van der Waals surface area contributed by atoms with Crippen LogP contribution < -0.4 is 4.74 Å². The summed E-state index contributed by atoms with van der Waals surface area (Å²) in [4.78, 5) is 0. The van der Waals surface area contributed by atoms with Gasteiger partial charge in [0.1, 0.15) is 12.4 Å². The van der Waals surface area contributed by atoms with E-state index in [1.807, 2.05) is 17.5 Å². The van der Waals surface area contributed by atoms with Gasteiger partial charge in [0.05, 0.1) is 5.88 Å². The van der Waals surface area contributed by atoms with Crippen molar-refractivity contribution < 1.29 is 4.74 Å². The van der Waals surface area contributed by atoms with Gasteiger partial charge in [0, 0.05) is 15.5 Å². The summed E-state index contributed by atoms with van der Waals surface area (Å²) in [6.45, 7) is 0.572. The van der Waals surface area contributed by atoms with Crippen molar-refractivity contribution in [1.29, 1.82) is 0 Å². The first-order valence-corrected chi connectivity index (χ1v) is 5.48. The topological polar surface area (TPSA) is 9.23 Å². The van der Waals surface area contributed by atoms with Gasteiger partial charge >= 0.3 is 0 Å². The van der Waals surface area contributed by atoms with Crippen molar-refractivity contribution >= 4 is 33.0 Å². The molecule has 2 rings (SSSR count). The average Bonchev–Trinajstić information content (AvgIpc) is 2.58. The van der Waals surface area contributed by atoms with Crippen molar-refractivity contribution in [2.24, 2.45) is 0 Å². The Balaban J connectivity index is 2.35. The largest absolute Gasteiger partial charge is 0.491 e. The maximum Gasteiger partial charge on any atom is 0.137 e. The second kappa shape index (κ2) is 3.99. The Labute approximate surface area is 85.9 Å². The van der Waals surface area contributed by atoms with Crippen molar-refractivity contribution in [1.82, 2.24) is 0 Å². The van der Waals surface area contributed by atoms with Crippen molar-refractivity contribution in [3.63, 3.8) is 0 Å². The molecule has 0 bridgehead atoms. The van der Waals surface area contributed by atoms with Crippen LogP contribution in [0.5, 0.6) is 5.75 Å². The van der Waals surface area contributed by atoms with Gasteiger partial charge in [0.25, 0.3) is 0 Å². The van der Waals surface area contributed by atoms with E-state index in [0.29, 0.717) is 12.5 Å². The molecule has 0 atom stereocenters. The lowest BCUT2D eigenvalue weighted by Gasteiger charge is -2.00. The Bertz CT molecular complexity index is 396. The Morgan fingerprint density at radius 3 is 3.00 bits per heavy atom. The van der Waals surface area contributed by atoms with Gasteiger partial charge < -0.3 is 4.74 Å². The number of hydrogen-bond acceptors (Lipinski definition) is 2. The average molecular weight is 213 g/mol. The fourth-order valence-electron chi connectivity index (χ4n) is 1.21. The first kappa shape index (κ1) is 8.85. The number of alkyl halides is 1. The predicted molar refractivity (Wildman–Crippen MR) is 58.0 cm³/mol. The highest BCUT2D eigenvalue weighted by Crippen LogP contribution is 2.31. The molecule has 0 fully saturated rings. The Hall–Kier alpha value is -0.730. The molecule has 0 radical (unpaired) electrons. The number of hydrogen-bond donors (Lipinski definition) is 0. The lowest BCUT2D eigenvalue weighted by atomic mass is 10.2. The summed E-state index contributed by atoms with van der Waals surface area (Å²) in [5, 5.41) is 3.20. The molecule has 3 heteroatoms. The Kier molecular flexibility index (Phi) is 2.71. The zero-order valence-corrected chi connectivity index (χ0v) is 8.57. The third-order valence-corrected chi connectivity index (χ3v) is 2.88. The third kappa shape index (κ3) is 1.79. The molecule has 0 saturated heterocycles. The van der Waals surface area contributed by atoms with E-state index in [4.69, 9.17) is 16.3 Å². The molecule has 13 heavy (non-hydrogen) atoms. The van der Waals surface area contributed by atoms with Crippen LogP contribution >= 0.6 is 22.9 Å². The van der Waals surface area contributed by atoms with Gasteiger partial charge in [-0.2, -0.15) is 0 Å². The molecule has 0 aliphatic rings. The molecule has 0 aliphatic carbocycles. The maximum atomic E-state index is 5.55. The Morgan fingerprint density at radius 1 is 1.31 bits per heavy atom. The first-order valence-electron chi connectivity index (χ1n) is 4.07. The molecule has 1 nitrogen and oxygen atoms in total. The van der Waals surface area contributed by atoms with E-state index in [1.54, 1.807) is 11.3 Å². The number of rotatable bonds is 3. The van der Waals surface area contributed by atoms with Gasteiger partial charge in [-0.25, -0.2) is 0 Å². The van der Waals surface area contributed by atoms with Gasteiger partial charge in [0.2, 0.25) is 0 Å². The normalized spacial score (nSPS) is 10.5. The van der Waals surface area contributed by atoms with Gasteiger partial charge in [0.15, 0.2) is 0 Å². The number of ether oxygens (including phenoxy) is 1. The van der Waals surface area contributed by atoms with Gasteiger partial charge in [-0.3, -0.25) is 0 Å². The molecule has 68 valence electrons. The summed E-state index contributed by atoms with van der Waals surface area (Å²) >= 11 is 7.24. The minimum atomic E-state index is 0.532. The lowest BCUT2D eigenvalue weighted by Crippen LogP contribution is -1.96. The van der Waals surface area contributed by atoms with Crippen molar-refractivity contribution in [3.05, 3.63) is 29.6 Å². The van der Waals surface area contributed by atoms with Crippen LogP contribution in [0.3, 0.4) is 0 Å². The fourth-order valence-corrected chi connectivity index (χ4v) is 2.17. The highest BCUT2D eigenvalue weighted by Gasteiger charge is 2.02. The van der Waals surface area contributed by atoms with Crippen LogP contribution in [0.25, 0.3) is 10.1 Å². The predicted octanol–water partition coefficient (Wildman–Crippen LogP) is 3.52. The Morgan fingerprint density at radius 2 is 2.15 bits per heavy atom. The molecule has 0 spiro atoms. The molecule has 0 amide bonds. The summed E-state index contributed by atoms with van der Waals surface area (Å²) in [5.74, 6) is 1.48. The summed E-state index contributed by atoms with van der Waals surface area (Å²) < 4.78 is 6.74. The summed E-state index contributed by atoms with van der Waals surface area (Å²) in [5.41, 5.74) is 0. The maximum absolute atomic E-state index is 5.55. The molecule has 0 unspecified atom stereocenters. The summed E-state index contributed by atoms with van der Waals surface area (Å²) in [7, 11) is 0. The molecule has 1 aromatic carbocycles. The zero-order chi connectivity index (χ0) is 9.10. The first-order chi connectivity index (χ1) is 6.42.